The molecule has 0 aliphatic carbocycles. The van der Waals surface area contributed by atoms with Crippen molar-refractivity contribution in [1.29, 1.82) is 0 Å². The standard InChI is InChI=1S/C19H24N4O3/c1-21-11-15-10-16(5-6-18(15)20)22-19(25)14-4-3-8-23(12-14)9-7-17(13-24)26-2/h3-6,8,10-12,17,24H,7,9,13H2,1-2H3,(H2-,20,21,22,25)/p+1. The number of nitrogen functional groups attached to an aromatic ring is 1. The highest BCUT2D eigenvalue weighted by Crippen LogP contribution is 2.17. The number of methoxy groups -OCH3 is 1. The lowest BCUT2D eigenvalue weighted by atomic mass is 10.1. The molecule has 4 N–H and O–H groups in total. The molecule has 138 valence electrons. The monoisotopic (exact) mass is 357 g/mol. The summed E-state index contributed by atoms with van der Waals surface area (Å²) < 4.78 is 7.05. The van der Waals surface area contributed by atoms with Crippen LogP contribution in [0.2, 0.25) is 0 Å². The quantitative estimate of drug-likeness (QED) is 0.376. The molecule has 2 aromatic rings. The van der Waals surface area contributed by atoms with Crippen LogP contribution >= 0.6 is 0 Å². The fourth-order valence-electron chi connectivity index (χ4n) is 2.48. The van der Waals surface area contributed by atoms with Gasteiger partial charge in [-0.15, -0.1) is 0 Å². The minimum absolute atomic E-state index is 0.0300. The molecular formula is C19H25N4O3+. The van der Waals surface area contributed by atoms with Crippen molar-refractivity contribution < 1.29 is 19.2 Å². The van der Waals surface area contributed by atoms with Crippen LogP contribution in [0.1, 0.15) is 22.3 Å². The number of amides is 1. The number of hydrogen-bond donors (Lipinski definition) is 3. The van der Waals surface area contributed by atoms with Gasteiger partial charge >= 0.3 is 0 Å². The molecule has 7 heteroatoms. The number of carbonyl (C=O) groups is 1. The number of ether oxygens (including phenoxy) is 1. The minimum Gasteiger partial charge on any atom is -0.398 e. The Kier molecular flexibility index (Phi) is 7.25. The van der Waals surface area contributed by atoms with E-state index in [0.717, 1.165) is 5.56 Å². The first-order valence-corrected chi connectivity index (χ1v) is 8.33. The van der Waals surface area contributed by atoms with Gasteiger partial charge in [0.05, 0.1) is 12.7 Å². The maximum absolute atomic E-state index is 12.5. The summed E-state index contributed by atoms with van der Waals surface area (Å²) in [6.07, 6.45) is 5.73. The van der Waals surface area contributed by atoms with Crippen molar-refractivity contribution >= 4 is 23.5 Å². The first-order valence-electron chi connectivity index (χ1n) is 8.33. The average molecular weight is 357 g/mol. The molecule has 0 aliphatic heterocycles. The van der Waals surface area contributed by atoms with Gasteiger partial charge in [-0.05, 0) is 24.3 Å². The van der Waals surface area contributed by atoms with E-state index in [0.29, 0.717) is 29.9 Å². The van der Waals surface area contributed by atoms with E-state index in [-0.39, 0.29) is 18.6 Å². The van der Waals surface area contributed by atoms with Gasteiger partial charge in [0.25, 0.3) is 5.91 Å². The van der Waals surface area contributed by atoms with E-state index in [4.69, 9.17) is 10.5 Å². The van der Waals surface area contributed by atoms with E-state index < -0.39 is 0 Å². The van der Waals surface area contributed by atoms with Crippen molar-refractivity contribution in [3.05, 3.63) is 53.9 Å². The first kappa shape index (κ1) is 19.6. The predicted molar refractivity (Wildman–Crippen MR) is 101 cm³/mol. The van der Waals surface area contributed by atoms with Gasteiger partial charge in [0.15, 0.2) is 18.9 Å². The summed E-state index contributed by atoms with van der Waals surface area (Å²) in [7, 11) is 3.23. The molecule has 1 unspecified atom stereocenters. The van der Waals surface area contributed by atoms with Crippen LogP contribution in [-0.4, -0.2) is 44.1 Å². The maximum atomic E-state index is 12.5. The first-order chi connectivity index (χ1) is 12.6. The lowest BCUT2D eigenvalue weighted by Gasteiger charge is -2.10. The molecule has 0 radical (unpaired) electrons. The lowest BCUT2D eigenvalue weighted by molar-refractivity contribution is -0.698. The fraction of sp³-hybridized carbons (Fsp3) is 0.316. The zero-order valence-electron chi connectivity index (χ0n) is 15.1. The Labute approximate surface area is 153 Å². The molecule has 1 atom stereocenters. The summed E-state index contributed by atoms with van der Waals surface area (Å²) in [5, 5.41) is 12.0. The van der Waals surface area contributed by atoms with Gasteiger partial charge in [-0.25, -0.2) is 4.57 Å². The number of aliphatic imine (C=N–C) groups is 1. The number of aliphatic hydroxyl groups is 1. The predicted octanol–water partition coefficient (Wildman–Crippen LogP) is 1.25. The summed E-state index contributed by atoms with van der Waals surface area (Å²) in [6, 6.07) is 8.83. The number of nitrogens with two attached hydrogens (primary N) is 1. The molecule has 0 aliphatic rings. The van der Waals surface area contributed by atoms with E-state index in [1.54, 1.807) is 50.8 Å². The number of rotatable bonds is 8. The number of carbonyl (C=O) groups excluding carboxylic acids is 1. The van der Waals surface area contributed by atoms with Crippen molar-refractivity contribution in [2.45, 2.75) is 19.1 Å². The number of benzene rings is 1. The Bertz CT molecular complexity index is 773. The molecule has 0 saturated carbocycles. The van der Waals surface area contributed by atoms with Gasteiger partial charge < -0.3 is 20.9 Å². The van der Waals surface area contributed by atoms with Crippen LogP contribution in [0.25, 0.3) is 0 Å². The van der Waals surface area contributed by atoms with Gasteiger partial charge in [-0.3, -0.25) is 9.79 Å². The Morgan fingerprint density at radius 3 is 2.96 bits per heavy atom. The smallest absolute Gasteiger partial charge is 0.261 e. The third-order valence-corrected chi connectivity index (χ3v) is 3.98. The second-order valence-electron chi connectivity index (χ2n) is 5.84. The van der Waals surface area contributed by atoms with Gasteiger partial charge in [0, 0.05) is 49.8 Å². The number of aryl methyl sites for hydroxylation is 1. The van der Waals surface area contributed by atoms with Gasteiger partial charge in [0.1, 0.15) is 5.56 Å². The van der Waals surface area contributed by atoms with Gasteiger partial charge in [0.2, 0.25) is 0 Å². The van der Waals surface area contributed by atoms with Crippen LogP contribution < -0.4 is 15.6 Å². The van der Waals surface area contributed by atoms with E-state index in [9.17, 15) is 9.90 Å². The summed E-state index contributed by atoms with van der Waals surface area (Å²) in [6.45, 7) is 0.608. The van der Waals surface area contributed by atoms with E-state index in [1.807, 2.05) is 16.8 Å². The van der Waals surface area contributed by atoms with Crippen molar-refractivity contribution in [2.24, 2.45) is 4.99 Å². The van der Waals surface area contributed by atoms with Crippen LogP contribution in [0.3, 0.4) is 0 Å². The molecule has 1 amide bonds. The maximum Gasteiger partial charge on any atom is 0.261 e. The zero-order chi connectivity index (χ0) is 18.9. The van der Waals surface area contributed by atoms with E-state index in [1.165, 1.54) is 0 Å². The molecule has 1 aromatic carbocycles. The number of nitrogens with one attached hydrogen (secondary N) is 1. The number of anilines is 2. The number of pyridine rings is 1. The third-order valence-electron chi connectivity index (χ3n) is 3.98. The van der Waals surface area contributed by atoms with Gasteiger partial charge in [-0.2, -0.15) is 0 Å². The average Bonchev–Trinajstić information content (AvgIpc) is 2.65. The second-order valence-corrected chi connectivity index (χ2v) is 5.84. The van der Waals surface area contributed by atoms with E-state index in [2.05, 4.69) is 10.3 Å². The Morgan fingerprint density at radius 2 is 2.27 bits per heavy atom. The number of nitrogens with zero attached hydrogens (tertiary/aromatic N) is 2. The molecular weight excluding hydrogens is 332 g/mol. The third kappa shape index (κ3) is 5.37. The molecule has 0 spiro atoms. The van der Waals surface area contributed by atoms with Crippen molar-refractivity contribution in [2.75, 3.05) is 31.8 Å². The van der Waals surface area contributed by atoms with Crippen LogP contribution in [0.5, 0.6) is 0 Å². The lowest BCUT2D eigenvalue weighted by Crippen LogP contribution is -2.37. The minimum atomic E-state index is -0.214. The molecule has 2 rings (SSSR count). The van der Waals surface area contributed by atoms with Crippen LogP contribution in [0, 0.1) is 0 Å². The fourth-order valence-corrected chi connectivity index (χ4v) is 2.48. The second kappa shape index (κ2) is 9.65. The van der Waals surface area contributed by atoms with Crippen molar-refractivity contribution in [1.82, 2.24) is 0 Å². The number of hydrogen-bond acceptors (Lipinski definition) is 5. The SMILES string of the molecule is CN=Cc1cc(NC(=O)c2ccc[n+](CCC(CO)OC)c2)ccc1N. The normalized spacial score (nSPS) is 12.3. The molecule has 0 bridgehead atoms. The largest absolute Gasteiger partial charge is 0.398 e. The summed E-state index contributed by atoms with van der Waals surface area (Å²) >= 11 is 0. The molecule has 7 nitrogen and oxygen atoms in total. The van der Waals surface area contributed by atoms with E-state index >= 15 is 0 Å². The van der Waals surface area contributed by atoms with Crippen LogP contribution in [0.4, 0.5) is 11.4 Å². The molecule has 1 heterocycles. The Hall–Kier alpha value is -2.77. The highest BCUT2D eigenvalue weighted by molar-refractivity contribution is 6.04. The highest BCUT2D eigenvalue weighted by atomic mass is 16.5. The summed E-state index contributed by atoms with van der Waals surface area (Å²) in [5.74, 6) is -0.214. The zero-order valence-corrected chi connectivity index (χ0v) is 15.1. The molecule has 1 aromatic heterocycles. The molecule has 0 fully saturated rings. The Balaban J connectivity index is 2.08. The number of aliphatic hydroxyl groups excluding tert-OH is 1. The topological polar surface area (TPSA) is 101 Å². The Morgan fingerprint density at radius 1 is 1.46 bits per heavy atom. The highest BCUT2D eigenvalue weighted by Gasteiger charge is 2.14. The summed E-state index contributed by atoms with van der Waals surface area (Å²) in [4.78, 5) is 16.5. The van der Waals surface area contributed by atoms with Crippen LogP contribution in [-0.2, 0) is 11.3 Å². The van der Waals surface area contributed by atoms with Gasteiger partial charge in [-0.1, -0.05) is 0 Å². The molecule has 0 saturated heterocycles. The number of aromatic nitrogens is 1. The van der Waals surface area contributed by atoms with Crippen molar-refractivity contribution in [3.8, 4) is 0 Å². The summed E-state index contributed by atoms with van der Waals surface area (Å²) in [5.41, 5.74) is 8.42. The van der Waals surface area contributed by atoms with Crippen LogP contribution in [0.15, 0.2) is 47.7 Å². The molecule has 26 heavy (non-hydrogen) atoms. The van der Waals surface area contributed by atoms with Crippen molar-refractivity contribution in [3.63, 3.8) is 0 Å².